The van der Waals surface area contributed by atoms with Crippen molar-refractivity contribution in [1.29, 1.82) is 0 Å². The van der Waals surface area contributed by atoms with Gasteiger partial charge in [0.05, 0.1) is 11.3 Å². The third-order valence-corrected chi connectivity index (χ3v) is 4.08. The maximum absolute atomic E-state index is 5.42. The Morgan fingerprint density at radius 2 is 1.95 bits per heavy atom. The summed E-state index contributed by atoms with van der Waals surface area (Å²) in [5, 5.41) is 4.22. The van der Waals surface area contributed by atoms with Crippen molar-refractivity contribution in [2.45, 2.75) is 6.92 Å². The second kappa shape index (κ2) is 5.10. The molecule has 0 aliphatic carbocycles. The lowest BCUT2D eigenvalue weighted by Crippen LogP contribution is -1.83. The number of rotatable bonds is 2. The second-order valence-corrected chi connectivity index (χ2v) is 5.98. The first-order valence-corrected chi connectivity index (χ1v) is 7.68. The third-order valence-electron chi connectivity index (χ3n) is 3.59. The Labute approximate surface area is 135 Å². The van der Waals surface area contributed by atoms with Crippen molar-refractivity contribution in [1.82, 2.24) is 14.5 Å². The van der Waals surface area contributed by atoms with E-state index in [1.807, 2.05) is 66.2 Å². The number of benzene rings is 1. The molecule has 0 radical (unpaired) electrons. The van der Waals surface area contributed by atoms with Crippen molar-refractivity contribution in [2.75, 3.05) is 0 Å². The molecular formula is C17H12BrN3O. The normalized spacial score (nSPS) is 11.2. The van der Waals surface area contributed by atoms with E-state index in [1.165, 1.54) is 0 Å². The van der Waals surface area contributed by atoms with E-state index in [9.17, 15) is 0 Å². The first kappa shape index (κ1) is 13.3. The Balaban J connectivity index is 1.93. The molecule has 4 nitrogen and oxygen atoms in total. The number of imidazole rings is 1. The molecule has 0 saturated heterocycles. The van der Waals surface area contributed by atoms with Crippen molar-refractivity contribution >= 4 is 21.6 Å². The number of pyridine rings is 1. The lowest BCUT2D eigenvalue weighted by Gasteiger charge is -1.98. The van der Waals surface area contributed by atoms with Crippen LogP contribution in [-0.4, -0.2) is 14.5 Å². The van der Waals surface area contributed by atoms with Gasteiger partial charge in [-0.3, -0.25) is 0 Å². The maximum Gasteiger partial charge on any atom is 0.143 e. The first-order valence-electron chi connectivity index (χ1n) is 6.89. The summed E-state index contributed by atoms with van der Waals surface area (Å²) in [6, 6.07) is 14.0. The van der Waals surface area contributed by atoms with Crippen LogP contribution in [0.4, 0.5) is 0 Å². The van der Waals surface area contributed by atoms with E-state index >= 15 is 0 Å². The van der Waals surface area contributed by atoms with Gasteiger partial charge in [-0.1, -0.05) is 51.4 Å². The minimum Gasteiger partial charge on any atom is -0.360 e. The summed E-state index contributed by atoms with van der Waals surface area (Å²) in [6.45, 7) is 1.91. The molecule has 0 aliphatic rings. The van der Waals surface area contributed by atoms with E-state index < -0.39 is 0 Å². The van der Waals surface area contributed by atoms with E-state index in [0.717, 1.165) is 38.4 Å². The number of halogens is 1. The summed E-state index contributed by atoms with van der Waals surface area (Å²) >= 11 is 3.47. The number of hydrogen-bond donors (Lipinski definition) is 0. The van der Waals surface area contributed by atoms with Crippen LogP contribution in [0.5, 0.6) is 0 Å². The highest BCUT2D eigenvalue weighted by atomic mass is 79.9. The van der Waals surface area contributed by atoms with Gasteiger partial charge in [0.1, 0.15) is 17.1 Å². The molecule has 4 rings (SSSR count). The lowest BCUT2D eigenvalue weighted by molar-refractivity contribution is 0.400. The van der Waals surface area contributed by atoms with Crippen LogP contribution in [0.2, 0.25) is 0 Å². The van der Waals surface area contributed by atoms with Gasteiger partial charge in [0.15, 0.2) is 0 Å². The van der Waals surface area contributed by atoms with Gasteiger partial charge in [-0.2, -0.15) is 0 Å². The minimum absolute atomic E-state index is 0.765. The molecular weight excluding hydrogens is 342 g/mol. The van der Waals surface area contributed by atoms with Crippen molar-refractivity contribution in [3.63, 3.8) is 0 Å². The number of aromatic nitrogens is 3. The van der Waals surface area contributed by atoms with Gasteiger partial charge in [-0.25, -0.2) is 4.98 Å². The Kier molecular flexibility index (Phi) is 3.08. The molecule has 0 N–H and O–H groups in total. The second-order valence-electron chi connectivity index (χ2n) is 5.06. The van der Waals surface area contributed by atoms with E-state index in [0.29, 0.717) is 0 Å². The zero-order chi connectivity index (χ0) is 15.1. The fourth-order valence-corrected chi connectivity index (χ4v) is 2.87. The average Bonchev–Trinajstić information content (AvgIpc) is 3.10. The van der Waals surface area contributed by atoms with Gasteiger partial charge in [-0.05, 0) is 19.1 Å². The Bertz CT molecular complexity index is 957. The molecule has 0 spiro atoms. The predicted molar refractivity (Wildman–Crippen MR) is 88.6 cm³/mol. The van der Waals surface area contributed by atoms with E-state index in [2.05, 4.69) is 21.1 Å². The Morgan fingerprint density at radius 3 is 2.77 bits per heavy atom. The van der Waals surface area contributed by atoms with Gasteiger partial charge in [0.25, 0.3) is 0 Å². The molecule has 22 heavy (non-hydrogen) atoms. The molecule has 108 valence electrons. The van der Waals surface area contributed by atoms with Crippen molar-refractivity contribution in [2.24, 2.45) is 0 Å². The molecule has 5 heteroatoms. The van der Waals surface area contributed by atoms with Crippen LogP contribution in [0.3, 0.4) is 0 Å². The molecule has 4 aromatic rings. The van der Waals surface area contributed by atoms with E-state index in [1.54, 1.807) is 0 Å². The van der Waals surface area contributed by atoms with Crippen LogP contribution < -0.4 is 0 Å². The summed E-state index contributed by atoms with van der Waals surface area (Å²) < 4.78 is 8.41. The van der Waals surface area contributed by atoms with Gasteiger partial charge in [-0.15, -0.1) is 0 Å². The SMILES string of the molecule is Cc1onc(-c2ccccc2)c1-c1cn2ccc(Br)cc2n1. The van der Waals surface area contributed by atoms with Crippen molar-refractivity contribution < 1.29 is 4.52 Å². The highest BCUT2D eigenvalue weighted by Crippen LogP contribution is 2.33. The molecule has 0 fully saturated rings. The zero-order valence-electron chi connectivity index (χ0n) is 11.8. The van der Waals surface area contributed by atoms with Crippen LogP contribution in [0.15, 0.2) is 63.9 Å². The van der Waals surface area contributed by atoms with Gasteiger partial charge < -0.3 is 8.92 Å². The number of hydrogen-bond acceptors (Lipinski definition) is 3. The van der Waals surface area contributed by atoms with Crippen LogP contribution in [-0.2, 0) is 0 Å². The fourth-order valence-electron chi connectivity index (χ4n) is 2.54. The molecule has 3 aromatic heterocycles. The third kappa shape index (κ3) is 2.14. The molecule has 0 saturated carbocycles. The summed E-state index contributed by atoms with van der Waals surface area (Å²) in [4.78, 5) is 4.70. The molecule has 0 unspecified atom stereocenters. The maximum atomic E-state index is 5.42. The van der Waals surface area contributed by atoms with Gasteiger partial charge in [0, 0.05) is 22.4 Å². The van der Waals surface area contributed by atoms with Crippen LogP contribution in [0, 0.1) is 6.92 Å². The molecule has 1 aromatic carbocycles. The summed E-state index contributed by atoms with van der Waals surface area (Å²) in [5.41, 5.74) is 4.51. The van der Waals surface area contributed by atoms with Crippen LogP contribution in [0.1, 0.15) is 5.76 Å². The molecule has 0 amide bonds. The van der Waals surface area contributed by atoms with Gasteiger partial charge in [0.2, 0.25) is 0 Å². The lowest BCUT2D eigenvalue weighted by atomic mass is 10.0. The molecule has 3 heterocycles. The highest BCUT2D eigenvalue weighted by molar-refractivity contribution is 9.10. The first-order chi connectivity index (χ1) is 10.7. The Hall–Kier alpha value is -2.40. The molecule has 0 aliphatic heterocycles. The largest absolute Gasteiger partial charge is 0.360 e. The molecule has 0 atom stereocenters. The van der Waals surface area contributed by atoms with Crippen LogP contribution >= 0.6 is 15.9 Å². The van der Waals surface area contributed by atoms with Crippen molar-refractivity contribution in [3.05, 3.63) is 65.1 Å². The molecule has 0 bridgehead atoms. The minimum atomic E-state index is 0.765. The van der Waals surface area contributed by atoms with Gasteiger partial charge >= 0.3 is 0 Å². The topological polar surface area (TPSA) is 43.3 Å². The highest BCUT2D eigenvalue weighted by Gasteiger charge is 2.19. The zero-order valence-corrected chi connectivity index (χ0v) is 13.4. The summed E-state index contributed by atoms with van der Waals surface area (Å²) in [6.07, 6.45) is 3.97. The van der Waals surface area contributed by atoms with Crippen LogP contribution in [0.25, 0.3) is 28.2 Å². The van der Waals surface area contributed by atoms with Crippen molar-refractivity contribution in [3.8, 4) is 22.5 Å². The quantitative estimate of drug-likeness (QED) is 0.523. The summed E-state index contributed by atoms with van der Waals surface area (Å²) in [5.74, 6) is 0.765. The van der Waals surface area contributed by atoms with E-state index in [-0.39, 0.29) is 0 Å². The van der Waals surface area contributed by atoms with E-state index in [4.69, 9.17) is 9.51 Å². The number of aryl methyl sites for hydroxylation is 1. The monoisotopic (exact) mass is 353 g/mol. The summed E-state index contributed by atoms with van der Waals surface area (Å²) in [7, 11) is 0. The Morgan fingerprint density at radius 1 is 1.14 bits per heavy atom. The smallest absolute Gasteiger partial charge is 0.143 e. The standard InChI is InChI=1S/C17H12BrN3O/c1-11-16(17(20-22-11)12-5-3-2-4-6-12)14-10-21-8-7-13(18)9-15(21)19-14/h2-10H,1H3. The average molecular weight is 354 g/mol. The number of nitrogens with zero attached hydrogens (tertiary/aromatic N) is 3. The fraction of sp³-hybridized carbons (Fsp3) is 0.0588. The predicted octanol–water partition coefficient (Wildman–Crippen LogP) is 4.73. The number of fused-ring (bicyclic) bond motifs is 1.